The summed E-state index contributed by atoms with van der Waals surface area (Å²) in [6.07, 6.45) is 3.36. The first-order valence-electron chi connectivity index (χ1n) is 6.53. The molecule has 2 aromatic heterocycles. The molecule has 3 rings (SSSR count). The van der Waals surface area contributed by atoms with Crippen LogP contribution in [-0.4, -0.2) is 19.2 Å². The van der Waals surface area contributed by atoms with Crippen molar-refractivity contribution in [1.82, 2.24) is 4.57 Å². The van der Waals surface area contributed by atoms with Gasteiger partial charge < -0.3 is 4.57 Å². The van der Waals surface area contributed by atoms with Crippen molar-refractivity contribution in [3.05, 3.63) is 53.5 Å². The molecular formula is C15H14N2O2S2. The van der Waals surface area contributed by atoms with Gasteiger partial charge in [0, 0.05) is 35.4 Å². The molecule has 0 radical (unpaired) electrons. The molecule has 0 aliphatic rings. The summed E-state index contributed by atoms with van der Waals surface area (Å²) < 4.78 is 30.3. The second kappa shape index (κ2) is 5.46. The summed E-state index contributed by atoms with van der Waals surface area (Å²) in [7, 11) is -3.60. The van der Waals surface area contributed by atoms with Gasteiger partial charge in [-0.3, -0.25) is 0 Å². The standard InChI is InChI=1S/C15H14N2O2S2/c1-2-17-11-12(13-6-3-4-7-14(13)17)10-16-21(18,19)15-8-5-9-20-15/h3-11H,2H2,1H3/b16-10-. The van der Waals surface area contributed by atoms with Crippen LogP contribution in [0.3, 0.4) is 0 Å². The maximum atomic E-state index is 12.1. The maximum absolute atomic E-state index is 12.1. The molecule has 0 aliphatic carbocycles. The molecule has 0 amide bonds. The monoisotopic (exact) mass is 318 g/mol. The van der Waals surface area contributed by atoms with E-state index in [0.717, 1.165) is 23.0 Å². The van der Waals surface area contributed by atoms with E-state index in [1.165, 1.54) is 17.6 Å². The molecule has 1 aromatic carbocycles. The molecule has 0 aliphatic heterocycles. The summed E-state index contributed by atoms with van der Waals surface area (Å²) in [4.78, 5) is 0. The van der Waals surface area contributed by atoms with Gasteiger partial charge in [0.2, 0.25) is 0 Å². The van der Waals surface area contributed by atoms with Crippen LogP contribution in [0, 0.1) is 0 Å². The van der Waals surface area contributed by atoms with Crippen molar-refractivity contribution < 1.29 is 8.42 Å². The quantitative estimate of drug-likeness (QED) is 0.691. The first kappa shape index (κ1) is 14.0. The van der Waals surface area contributed by atoms with Gasteiger partial charge in [-0.15, -0.1) is 11.3 Å². The van der Waals surface area contributed by atoms with E-state index in [1.807, 2.05) is 30.5 Å². The Kier molecular flexibility index (Phi) is 3.65. The topological polar surface area (TPSA) is 51.4 Å². The lowest BCUT2D eigenvalue weighted by molar-refractivity contribution is 0.600. The number of sulfonamides is 1. The summed E-state index contributed by atoms with van der Waals surface area (Å²) in [6, 6.07) is 11.2. The zero-order chi connectivity index (χ0) is 14.9. The third-order valence-corrected chi connectivity index (χ3v) is 5.85. The van der Waals surface area contributed by atoms with Crippen molar-refractivity contribution in [3.63, 3.8) is 0 Å². The van der Waals surface area contributed by atoms with E-state index in [9.17, 15) is 8.42 Å². The molecule has 0 N–H and O–H groups in total. The molecule has 3 aromatic rings. The molecule has 2 heterocycles. The fraction of sp³-hybridized carbons (Fsp3) is 0.133. The van der Waals surface area contributed by atoms with E-state index >= 15 is 0 Å². The van der Waals surface area contributed by atoms with E-state index in [2.05, 4.69) is 15.9 Å². The number of rotatable bonds is 4. The van der Waals surface area contributed by atoms with Crippen molar-refractivity contribution in [2.24, 2.45) is 4.40 Å². The number of hydrogen-bond acceptors (Lipinski definition) is 3. The molecule has 0 saturated carbocycles. The van der Waals surface area contributed by atoms with Crippen LogP contribution in [0.4, 0.5) is 0 Å². The van der Waals surface area contributed by atoms with Crippen molar-refractivity contribution >= 4 is 38.5 Å². The number of nitrogens with zero attached hydrogens (tertiary/aromatic N) is 2. The average Bonchev–Trinajstić information content (AvgIpc) is 3.14. The molecule has 0 bridgehead atoms. The summed E-state index contributed by atoms with van der Waals surface area (Å²) >= 11 is 1.17. The number of hydrogen-bond donors (Lipinski definition) is 0. The van der Waals surface area contributed by atoms with Crippen molar-refractivity contribution in [3.8, 4) is 0 Å². The lowest BCUT2D eigenvalue weighted by Gasteiger charge is -1.97. The average molecular weight is 318 g/mol. The smallest absolute Gasteiger partial charge is 0.291 e. The number of benzene rings is 1. The Hall–Kier alpha value is -1.92. The van der Waals surface area contributed by atoms with Gasteiger partial charge >= 0.3 is 0 Å². The highest BCUT2D eigenvalue weighted by Gasteiger charge is 2.13. The Morgan fingerprint density at radius 1 is 1.24 bits per heavy atom. The summed E-state index contributed by atoms with van der Waals surface area (Å²) in [6.45, 7) is 2.88. The molecule has 0 saturated heterocycles. The summed E-state index contributed by atoms with van der Waals surface area (Å²) in [5.41, 5.74) is 1.89. The maximum Gasteiger partial charge on any atom is 0.291 e. The second-order valence-corrected chi connectivity index (χ2v) is 7.34. The molecule has 0 fully saturated rings. The lowest BCUT2D eigenvalue weighted by Crippen LogP contribution is -1.94. The van der Waals surface area contributed by atoms with Gasteiger partial charge in [-0.2, -0.15) is 12.8 Å². The van der Waals surface area contributed by atoms with Crippen LogP contribution in [-0.2, 0) is 16.6 Å². The minimum absolute atomic E-state index is 0.262. The Bertz CT molecular complexity index is 891. The molecule has 4 nitrogen and oxygen atoms in total. The number of aryl methyl sites for hydroxylation is 1. The molecule has 0 unspecified atom stereocenters. The number of fused-ring (bicyclic) bond motifs is 1. The zero-order valence-electron chi connectivity index (χ0n) is 11.4. The van der Waals surface area contributed by atoms with Crippen molar-refractivity contribution in [1.29, 1.82) is 0 Å². The van der Waals surface area contributed by atoms with Crippen LogP contribution in [0.15, 0.2) is 56.6 Å². The SMILES string of the molecule is CCn1cc(/C=N\S(=O)(=O)c2cccs2)c2ccccc21. The van der Waals surface area contributed by atoms with Gasteiger partial charge in [-0.1, -0.05) is 24.3 Å². The highest BCUT2D eigenvalue weighted by atomic mass is 32.2. The highest BCUT2D eigenvalue weighted by Crippen LogP contribution is 2.22. The Balaban J connectivity index is 2.05. The largest absolute Gasteiger partial charge is 0.347 e. The van der Waals surface area contributed by atoms with Crippen LogP contribution in [0.5, 0.6) is 0 Å². The van der Waals surface area contributed by atoms with Crippen LogP contribution < -0.4 is 0 Å². The number of para-hydroxylation sites is 1. The zero-order valence-corrected chi connectivity index (χ0v) is 13.1. The van der Waals surface area contributed by atoms with Crippen LogP contribution >= 0.6 is 11.3 Å². The highest BCUT2D eigenvalue weighted by molar-refractivity contribution is 7.92. The second-order valence-electron chi connectivity index (χ2n) is 4.53. The van der Waals surface area contributed by atoms with E-state index < -0.39 is 10.0 Å². The first-order chi connectivity index (χ1) is 10.1. The molecule has 108 valence electrons. The van der Waals surface area contributed by atoms with Gasteiger partial charge in [0.25, 0.3) is 10.0 Å². The molecular weight excluding hydrogens is 304 g/mol. The minimum atomic E-state index is -3.60. The van der Waals surface area contributed by atoms with Crippen LogP contribution in [0.25, 0.3) is 10.9 Å². The van der Waals surface area contributed by atoms with E-state index in [1.54, 1.807) is 17.5 Å². The normalized spacial score (nSPS) is 12.4. The number of aromatic nitrogens is 1. The Labute approximate surface area is 127 Å². The van der Waals surface area contributed by atoms with Gasteiger partial charge in [0.1, 0.15) is 4.21 Å². The predicted molar refractivity (Wildman–Crippen MR) is 86.7 cm³/mol. The van der Waals surface area contributed by atoms with E-state index in [-0.39, 0.29) is 4.21 Å². The molecule has 0 spiro atoms. The fourth-order valence-electron chi connectivity index (χ4n) is 2.23. The molecule has 6 heteroatoms. The van der Waals surface area contributed by atoms with Crippen molar-refractivity contribution in [2.45, 2.75) is 17.7 Å². The third kappa shape index (κ3) is 2.64. The van der Waals surface area contributed by atoms with E-state index in [4.69, 9.17) is 0 Å². The first-order valence-corrected chi connectivity index (χ1v) is 8.85. The summed E-state index contributed by atoms with van der Waals surface area (Å²) in [5, 5.41) is 2.73. The van der Waals surface area contributed by atoms with Crippen LogP contribution in [0.1, 0.15) is 12.5 Å². The minimum Gasteiger partial charge on any atom is -0.347 e. The molecule has 21 heavy (non-hydrogen) atoms. The van der Waals surface area contributed by atoms with Gasteiger partial charge in [-0.05, 0) is 24.4 Å². The fourth-order valence-corrected chi connectivity index (χ4v) is 4.07. The molecule has 0 atom stereocenters. The van der Waals surface area contributed by atoms with Gasteiger partial charge in [-0.25, -0.2) is 0 Å². The predicted octanol–water partition coefficient (Wildman–Crippen LogP) is 3.53. The Morgan fingerprint density at radius 2 is 2.05 bits per heavy atom. The van der Waals surface area contributed by atoms with Gasteiger partial charge in [0.05, 0.1) is 0 Å². The third-order valence-electron chi connectivity index (χ3n) is 3.24. The summed E-state index contributed by atoms with van der Waals surface area (Å²) in [5.74, 6) is 0. The number of thiophene rings is 1. The Morgan fingerprint density at radius 3 is 2.76 bits per heavy atom. The van der Waals surface area contributed by atoms with E-state index in [0.29, 0.717) is 0 Å². The van der Waals surface area contributed by atoms with Gasteiger partial charge in [0.15, 0.2) is 0 Å². The van der Waals surface area contributed by atoms with Crippen molar-refractivity contribution in [2.75, 3.05) is 0 Å². The lowest BCUT2D eigenvalue weighted by atomic mass is 10.2. The van der Waals surface area contributed by atoms with Crippen LogP contribution in [0.2, 0.25) is 0 Å².